The van der Waals surface area contributed by atoms with E-state index in [-0.39, 0.29) is 30.8 Å². The average Bonchev–Trinajstić information content (AvgIpc) is 2.75. The molecule has 166 valence electrons. The summed E-state index contributed by atoms with van der Waals surface area (Å²) in [6, 6.07) is 14.4. The molecule has 1 atom stereocenters. The summed E-state index contributed by atoms with van der Waals surface area (Å²) in [7, 11) is 0. The Balaban J connectivity index is 1.82. The molecule has 0 bridgehead atoms. The second kappa shape index (κ2) is 11.5. The lowest BCUT2D eigenvalue weighted by Crippen LogP contribution is -2.52. The Labute approximate surface area is 194 Å². The van der Waals surface area contributed by atoms with Crippen LogP contribution in [-0.2, 0) is 22.6 Å². The molecule has 0 spiro atoms. The first kappa shape index (κ1) is 23.6. The van der Waals surface area contributed by atoms with Crippen LogP contribution in [0.25, 0.3) is 0 Å². The Kier molecular flexibility index (Phi) is 8.79. The van der Waals surface area contributed by atoms with Crippen LogP contribution >= 0.6 is 23.2 Å². The van der Waals surface area contributed by atoms with Crippen LogP contribution in [-0.4, -0.2) is 28.8 Å². The van der Waals surface area contributed by atoms with Gasteiger partial charge in [-0.2, -0.15) is 0 Å². The number of hydrogen-bond donors (Lipinski definition) is 1. The van der Waals surface area contributed by atoms with Crippen molar-refractivity contribution in [3.8, 4) is 0 Å². The van der Waals surface area contributed by atoms with Crippen LogP contribution in [0.1, 0.15) is 56.6 Å². The van der Waals surface area contributed by atoms with Gasteiger partial charge in [0.05, 0.1) is 6.42 Å². The predicted octanol–water partition coefficient (Wildman–Crippen LogP) is 5.79. The lowest BCUT2D eigenvalue weighted by Gasteiger charge is -2.33. The summed E-state index contributed by atoms with van der Waals surface area (Å²) in [5.74, 6) is -0.200. The van der Waals surface area contributed by atoms with Crippen LogP contribution in [0.3, 0.4) is 0 Å². The van der Waals surface area contributed by atoms with E-state index in [2.05, 4.69) is 5.32 Å². The monoisotopic (exact) mass is 460 g/mol. The van der Waals surface area contributed by atoms with Crippen LogP contribution in [0.15, 0.2) is 48.5 Å². The topological polar surface area (TPSA) is 49.4 Å². The van der Waals surface area contributed by atoms with E-state index < -0.39 is 6.04 Å². The van der Waals surface area contributed by atoms with Gasteiger partial charge in [0.25, 0.3) is 0 Å². The molecule has 1 unspecified atom stereocenters. The van der Waals surface area contributed by atoms with Gasteiger partial charge in [-0.15, -0.1) is 0 Å². The highest BCUT2D eigenvalue weighted by atomic mass is 35.5. The normalized spacial score (nSPS) is 15.3. The highest BCUT2D eigenvalue weighted by Gasteiger charge is 2.30. The molecule has 1 N–H and O–H groups in total. The summed E-state index contributed by atoms with van der Waals surface area (Å²) < 4.78 is 0. The quantitative estimate of drug-likeness (QED) is 0.541. The van der Waals surface area contributed by atoms with E-state index in [4.69, 9.17) is 23.2 Å². The molecule has 1 aliphatic rings. The van der Waals surface area contributed by atoms with Gasteiger partial charge in [0, 0.05) is 22.6 Å². The minimum atomic E-state index is -0.551. The molecular formula is C25H30Cl2N2O2. The molecule has 1 fully saturated rings. The zero-order chi connectivity index (χ0) is 22.2. The van der Waals surface area contributed by atoms with Gasteiger partial charge in [0.1, 0.15) is 6.04 Å². The Hall–Kier alpha value is -2.04. The number of nitrogens with one attached hydrogen (secondary N) is 1. The molecule has 0 aromatic heterocycles. The van der Waals surface area contributed by atoms with E-state index in [1.165, 1.54) is 6.42 Å². The third-order valence-corrected chi connectivity index (χ3v) is 6.48. The van der Waals surface area contributed by atoms with Gasteiger partial charge in [0.2, 0.25) is 11.8 Å². The van der Waals surface area contributed by atoms with E-state index in [1.54, 1.807) is 23.1 Å². The molecule has 0 aliphatic heterocycles. The number of rotatable bonds is 8. The molecule has 2 amide bonds. The second-order valence-electron chi connectivity index (χ2n) is 8.19. The highest BCUT2D eigenvalue weighted by molar-refractivity contribution is 6.31. The first-order chi connectivity index (χ1) is 15.0. The maximum Gasteiger partial charge on any atom is 0.243 e. The van der Waals surface area contributed by atoms with Gasteiger partial charge >= 0.3 is 0 Å². The van der Waals surface area contributed by atoms with Gasteiger partial charge in [-0.1, -0.05) is 79.7 Å². The highest BCUT2D eigenvalue weighted by Crippen LogP contribution is 2.22. The number of hydrogen-bond acceptors (Lipinski definition) is 2. The molecule has 3 rings (SSSR count). The smallest absolute Gasteiger partial charge is 0.243 e. The number of nitrogens with zero attached hydrogens (tertiary/aromatic N) is 1. The number of benzene rings is 2. The molecule has 1 saturated carbocycles. The molecule has 6 heteroatoms. The van der Waals surface area contributed by atoms with E-state index in [9.17, 15) is 9.59 Å². The van der Waals surface area contributed by atoms with Crippen LogP contribution in [0.2, 0.25) is 10.0 Å². The molecule has 2 aromatic carbocycles. The average molecular weight is 461 g/mol. The van der Waals surface area contributed by atoms with E-state index in [0.717, 1.165) is 36.8 Å². The van der Waals surface area contributed by atoms with Crippen LogP contribution < -0.4 is 5.32 Å². The Bertz CT molecular complexity index is 897. The third-order valence-electron chi connectivity index (χ3n) is 5.88. The maximum absolute atomic E-state index is 13.4. The standard InChI is InChI=1S/C25H30Cl2N2O2/c1-2-23(25(31)28-21-12-4-3-5-13-21)29(17-19-10-6-7-14-22(19)27)24(30)16-18-9-8-11-20(26)15-18/h6-11,14-15,21,23H,2-5,12-13,16-17H2,1H3,(H,28,31). The number of carbonyl (C=O) groups excluding carboxylic acids is 2. The zero-order valence-electron chi connectivity index (χ0n) is 17.9. The minimum absolute atomic E-state index is 0.0825. The van der Waals surface area contributed by atoms with E-state index in [0.29, 0.717) is 16.5 Å². The first-order valence-electron chi connectivity index (χ1n) is 11.1. The van der Waals surface area contributed by atoms with Gasteiger partial charge in [-0.05, 0) is 48.6 Å². The molecule has 31 heavy (non-hydrogen) atoms. The summed E-state index contributed by atoms with van der Waals surface area (Å²) in [5, 5.41) is 4.37. The largest absolute Gasteiger partial charge is 0.352 e. The second-order valence-corrected chi connectivity index (χ2v) is 9.03. The Morgan fingerprint density at radius 3 is 2.48 bits per heavy atom. The zero-order valence-corrected chi connectivity index (χ0v) is 19.5. The molecule has 0 saturated heterocycles. The van der Waals surface area contributed by atoms with Gasteiger partial charge in [0.15, 0.2) is 0 Å². The fourth-order valence-electron chi connectivity index (χ4n) is 4.20. The van der Waals surface area contributed by atoms with Crippen molar-refractivity contribution in [1.82, 2.24) is 10.2 Å². The molecule has 1 aliphatic carbocycles. The summed E-state index contributed by atoms with van der Waals surface area (Å²) in [4.78, 5) is 28.3. The van der Waals surface area contributed by atoms with Crippen molar-refractivity contribution >= 4 is 35.0 Å². The first-order valence-corrected chi connectivity index (χ1v) is 11.8. The van der Waals surface area contributed by atoms with E-state index >= 15 is 0 Å². The van der Waals surface area contributed by atoms with Crippen molar-refractivity contribution in [1.29, 1.82) is 0 Å². The molecule has 0 heterocycles. The fourth-order valence-corrected chi connectivity index (χ4v) is 4.61. The third kappa shape index (κ3) is 6.72. The number of amides is 2. The van der Waals surface area contributed by atoms with Crippen molar-refractivity contribution in [2.45, 2.75) is 70.5 Å². The molecule has 2 aromatic rings. The lowest BCUT2D eigenvalue weighted by atomic mass is 9.95. The number of carbonyl (C=O) groups is 2. The van der Waals surface area contributed by atoms with Gasteiger partial charge < -0.3 is 10.2 Å². The van der Waals surface area contributed by atoms with Gasteiger partial charge in [-0.3, -0.25) is 9.59 Å². The van der Waals surface area contributed by atoms with Crippen molar-refractivity contribution in [3.63, 3.8) is 0 Å². The molecule has 4 nitrogen and oxygen atoms in total. The Morgan fingerprint density at radius 1 is 1.06 bits per heavy atom. The molecular weight excluding hydrogens is 431 g/mol. The predicted molar refractivity (Wildman–Crippen MR) is 126 cm³/mol. The van der Waals surface area contributed by atoms with Crippen molar-refractivity contribution in [3.05, 3.63) is 69.7 Å². The summed E-state index contributed by atoms with van der Waals surface area (Å²) in [6.07, 6.45) is 6.21. The Morgan fingerprint density at radius 2 is 1.81 bits per heavy atom. The van der Waals surface area contributed by atoms with Crippen molar-refractivity contribution in [2.75, 3.05) is 0 Å². The lowest BCUT2D eigenvalue weighted by molar-refractivity contribution is -0.141. The fraction of sp³-hybridized carbons (Fsp3) is 0.440. The van der Waals surface area contributed by atoms with Crippen molar-refractivity contribution in [2.24, 2.45) is 0 Å². The maximum atomic E-state index is 13.4. The summed E-state index contributed by atoms with van der Waals surface area (Å²) in [6.45, 7) is 2.23. The van der Waals surface area contributed by atoms with Crippen LogP contribution in [0.5, 0.6) is 0 Å². The SMILES string of the molecule is CCC(C(=O)NC1CCCCC1)N(Cc1ccccc1Cl)C(=O)Cc1cccc(Cl)c1. The van der Waals surface area contributed by atoms with Gasteiger partial charge in [-0.25, -0.2) is 0 Å². The summed E-state index contributed by atoms with van der Waals surface area (Å²) in [5.41, 5.74) is 1.65. The van der Waals surface area contributed by atoms with Crippen LogP contribution in [0, 0.1) is 0 Å². The molecule has 0 radical (unpaired) electrons. The summed E-state index contributed by atoms with van der Waals surface area (Å²) >= 11 is 12.5. The van der Waals surface area contributed by atoms with E-state index in [1.807, 2.05) is 37.3 Å². The minimum Gasteiger partial charge on any atom is -0.352 e. The van der Waals surface area contributed by atoms with Crippen LogP contribution in [0.4, 0.5) is 0 Å². The number of halogens is 2. The van der Waals surface area contributed by atoms with Crippen molar-refractivity contribution < 1.29 is 9.59 Å².